The Morgan fingerprint density at radius 2 is 1.55 bits per heavy atom. The fraction of sp³-hybridized carbons (Fsp3) is 0.333. The fourth-order valence-corrected chi connectivity index (χ4v) is 6.74. The number of rotatable bonds is 10. The van der Waals surface area contributed by atoms with E-state index in [1.807, 2.05) is 0 Å². The van der Waals surface area contributed by atoms with Gasteiger partial charge in [-0.1, -0.05) is 78.5 Å². The SMILES string of the molecule is Cc1c(Cl)cccc1N(CC(=O)N(Cc1ccccc1Cl)[C@H](C)C(=O)NC1CCCC1)S(=O)(=O)c1ccccc1. The Morgan fingerprint density at radius 1 is 0.925 bits per heavy atom. The molecule has 4 rings (SSSR count). The summed E-state index contributed by atoms with van der Waals surface area (Å²) in [5.74, 6) is -0.837. The zero-order chi connectivity index (χ0) is 28.9. The standard InChI is InChI=1S/C30H33Cl2N3O4S/c1-21-26(31)17-10-18-28(21)35(40(38,39)25-14-4-3-5-15-25)20-29(36)34(19-23-11-6-9-16-27(23)32)22(2)30(37)33-24-12-7-8-13-24/h3-6,9-11,14-18,22,24H,7-8,12-13,19-20H2,1-2H3,(H,33,37)/t22-/m1/s1. The van der Waals surface area contributed by atoms with Gasteiger partial charge in [0.05, 0.1) is 10.6 Å². The molecule has 0 spiro atoms. The molecule has 0 saturated heterocycles. The summed E-state index contributed by atoms with van der Waals surface area (Å²) in [5.41, 5.74) is 1.45. The second-order valence-corrected chi connectivity index (χ2v) is 12.7. The molecule has 10 heteroatoms. The lowest BCUT2D eigenvalue weighted by Gasteiger charge is -2.33. The Morgan fingerprint density at radius 3 is 2.23 bits per heavy atom. The van der Waals surface area contributed by atoms with Crippen molar-refractivity contribution in [1.29, 1.82) is 0 Å². The van der Waals surface area contributed by atoms with Crippen molar-refractivity contribution in [3.63, 3.8) is 0 Å². The largest absolute Gasteiger partial charge is 0.352 e. The van der Waals surface area contributed by atoms with Gasteiger partial charge in [-0.25, -0.2) is 8.42 Å². The molecule has 1 saturated carbocycles. The number of hydrogen-bond acceptors (Lipinski definition) is 4. The van der Waals surface area contributed by atoms with Crippen molar-refractivity contribution in [3.8, 4) is 0 Å². The first kappa shape index (κ1) is 29.9. The summed E-state index contributed by atoms with van der Waals surface area (Å²) in [4.78, 5) is 28.8. The molecule has 1 atom stereocenters. The van der Waals surface area contributed by atoms with Crippen molar-refractivity contribution < 1.29 is 18.0 Å². The lowest BCUT2D eigenvalue weighted by Crippen LogP contribution is -2.52. The van der Waals surface area contributed by atoms with Crippen LogP contribution in [-0.4, -0.2) is 43.8 Å². The molecule has 1 aliphatic rings. The number of hydrogen-bond donors (Lipinski definition) is 1. The van der Waals surface area contributed by atoms with Crippen molar-refractivity contribution in [2.45, 2.75) is 63.1 Å². The van der Waals surface area contributed by atoms with Gasteiger partial charge in [0.2, 0.25) is 11.8 Å². The summed E-state index contributed by atoms with van der Waals surface area (Å²) in [6, 6.07) is 19.1. The van der Waals surface area contributed by atoms with Crippen molar-refractivity contribution in [2.24, 2.45) is 0 Å². The van der Waals surface area contributed by atoms with Gasteiger partial charge in [0.15, 0.2) is 0 Å². The third kappa shape index (κ3) is 6.79. The second kappa shape index (κ2) is 13.1. The van der Waals surface area contributed by atoms with E-state index in [1.165, 1.54) is 17.0 Å². The summed E-state index contributed by atoms with van der Waals surface area (Å²) < 4.78 is 28.9. The summed E-state index contributed by atoms with van der Waals surface area (Å²) in [6.45, 7) is 2.85. The van der Waals surface area contributed by atoms with E-state index < -0.39 is 28.5 Å². The van der Waals surface area contributed by atoms with Crippen LogP contribution < -0.4 is 9.62 Å². The number of carbonyl (C=O) groups excluding carboxylic acids is 2. The van der Waals surface area contributed by atoms with E-state index in [2.05, 4.69) is 5.32 Å². The Labute approximate surface area is 246 Å². The topological polar surface area (TPSA) is 86.8 Å². The molecule has 7 nitrogen and oxygen atoms in total. The molecule has 0 aliphatic heterocycles. The third-order valence-corrected chi connectivity index (χ3v) is 9.84. The Bertz CT molecular complexity index is 1460. The highest BCUT2D eigenvalue weighted by Crippen LogP contribution is 2.31. The summed E-state index contributed by atoms with van der Waals surface area (Å²) in [5, 5.41) is 3.88. The van der Waals surface area contributed by atoms with Gasteiger partial charge in [0, 0.05) is 22.6 Å². The van der Waals surface area contributed by atoms with Crippen LogP contribution in [0.4, 0.5) is 5.69 Å². The monoisotopic (exact) mass is 601 g/mol. The molecule has 40 heavy (non-hydrogen) atoms. The zero-order valence-corrected chi connectivity index (χ0v) is 24.8. The van der Waals surface area contributed by atoms with Crippen LogP contribution in [0.5, 0.6) is 0 Å². The number of nitrogens with one attached hydrogen (secondary N) is 1. The molecule has 0 heterocycles. The first-order valence-corrected chi connectivity index (χ1v) is 15.5. The highest BCUT2D eigenvalue weighted by Gasteiger charge is 2.34. The minimum absolute atomic E-state index is 0.0332. The van der Waals surface area contributed by atoms with Gasteiger partial charge in [-0.3, -0.25) is 13.9 Å². The molecule has 0 bridgehead atoms. The van der Waals surface area contributed by atoms with E-state index in [9.17, 15) is 18.0 Å². The van der Waals surface area contributed by atoms with Gasteiger partial charge in [-0.05, 0) is 68.1 Å². The predicted molar refractivity (Wildman–Crippen MR) is 159 cm³/mol. The summed E-state index contributed by atoms with van der Waals surface area (Å²) in [6.07, 6.45) is 3.89. The Kier molecular flexibility index (Phi) is 9.77. The predicted octanol–water partition coefficient (Wildman–Crippen LogP) is 5.97. The molecule has 1 aliphatic carbocycles. The van der Waals surface area contributed by atoms with E-state index >= 15 is 0 Å². The maximum Gasteiger partial charge on any atom is 0.264 e. The van der Waals surface area contributed by atoms with Crippen molar-refractivity contribution in [1.82, 2.24) is 10.2 Å². The number of nitrogens with zero attached hydrogens (tertiary/aromatic N) is 2. The molecular formula is C30H33Cl2N3O4S. The maximum atomic E-state index is 14.1. The maximum absolute atomic E-state index is 14.1. The Hall–Kier alpha value is -3.07. The normalized spacial score (nSPS) is 14.5. The van der Waals surface area contributed by atoms with Crippen LogP contribution >= 0.6 is 23.2 Å². The van der Waals surface area contributed by atoms with E-state index in [4.69, 9.17) is 23.2 Å². The van der Waals surface area contributed by atoms with Gasteiger partial charge in [-0.15, -0.1) is 0 Å². The van der Waals surface area contributed by atoms with Crippen molar-refractivity contribution >= 4 is 50.7 Å². The molecule has 3 aromatic rings. The third-order valence-electron chi connectivity index (χ3n) is 7.29. The molecule has 0 unspecified atom stereocenters. The van der Waals surface area contributed by atoms with Crippen molar-refractivity contribution in [2.75, 3.05) is 10.8 Å². The fourth-order valence-electron chi connectivity index (χ4n) is 4.88. The molecule has 1 fully saturated rings. The number of amides is 2. The van der Waals surface area contributed by atoms with Crippen LogP contribution in [0.1, 0.15) is 43.7 Å². The number of anilines is 1. The van der Waals surface area contributed by atoms with Crippen LogP contribution in [0, 0.1) is 6.92 Å². The number of carbonyl (C=O) groups is 2. The molecule has 0 aromatic heterocycles. The first-order chi connectivity index (χ1) is 19.1. The van der Waals surface area contributed by atoms with Crippen LogP contribution in [0.3, 0.4) is 0 Å². The highest BCUT2D eigenvalue weighted by atomic mass is 35.5. The average Bonchev–Trinajstić information content (AvgIpc) is 3.46. The van der Waals surface area contributed by atoms with E-state index in [-0.39, 0.29) is 29.1 Å². The van der Waals surface area contributed by atoms with Gasteiger partial charge < -0.3 is 10.2 Å². The minimum Gasteiger partial charge on any atom is -0.352 e. The van der Waals surface area contributed by atoms with Crippen LogP contribution in [0.25, 0.3) is 0 Å². The summed E-state index contributed by atoms with van der Waals surface area (Å²) >= 11 is 12.8. The molecule has 3 aromatic carbocycles. The molecule has 1 N–H and O–H groups in total. The van der Waals surface area contributed by atoms with Gasteiger partial charge in [0.25, 0.3) is 10.0 Å². The molecular weight excluding hydrogens is 569 g/mol. The second-order valence-electron chi connectivity index (χ2n) is 9.99. The average molecular weight is 603 g/mol. The lowest BCUT2D eigenvalue weighted by molar-refractivity contribution is -0.139. The lowest BCUT2D eigenvalue weighted by atomic mass is 10.1. The molecule has 2 amide bonds. The van der Waals surface area contributed by atoms with E-state index in [0.717, 1.165) is 30.0 Å². The van der Waals surface area contributed by atoms with Crippen molar-refractivity contribution in [3.05, 3.63) is 94.0 Å². The van der Waals surface area contributed by atoms with Gasteiger partial charge in [-0.2, -0.15) is 0 Å². The molecule has 0 radical (unpaired) electrons. The smallest absolute Gasteiger partial charge is 0.264 e. The first-order valence-electron chi connectivity index (χ1n) is 13.3. The van der Waals surface area contributed by atoms with Gasteiger partial charge >= 0.3 is 0 Å². The van der Waals surface area contributed by atoms with E-state index in [1.54, 1.807) is 74.5 Å². The van der Waals surface area contributed by atoms with Gasteiger partial charge in [0.1, 0.15) is 12.6 Å². The number of sulfonamides is 1. The van der Waals surface area contributed by atoms with Crippen LogP contribution in [0.15, 0.2) is 77.7 Å². The minimum atomic E-state index is -4.17. The quantitative estimate of drug-likeness (QED) is 0.310. The number of halogens is 2. The highest BCUT2D eigenvalue weighted by molar-refractivity contribution is 7.92. The van der Waals surface area contributed by atoms with E-state index in [0.29, 0.717) is 21.2 Å². The van der Waals surface area contributed by atoms with Crippen LogP contribution in [0.2, 0.25) is 10.0 Å². The zero-order valence-electron chi connectivity index (χ0n) is 22.5. The summed E-state index contributed by atoms with van der Waals surface area (Å²) in [7, 11) is -4.17. The van der Waals surface area contributed by atoms with Crippen LogP contribution in [-0.2, 0) is 26.2 Å². The molecule has 212 valence electrons. The number of benzene rings is 3. The Balaban J connectivity index is 1.72.